The number of carbonyl (C=O) groups is 1. The van der Waals surface area contributed by atoms with Gasteiger partial charge in [0.15, 0.2) is 27.9 Å². The van der Waals surface area contributed by atoms with Crippen molar-refractivity contribution in [3.63, 3.8) is 0 Å². The van der Waals surface area contributed by atoms with Gasteiger partial charge in [-0.25, -0.2) is 8.42 Å². The quantitative estimate of drug-likeness (QED) is 0.695. The van der Waals surface area contributed by atoms with E-state index in [9.17, 15) is 13.2 Å². The van der Waals surface area contributed by atoms with Crippen LogP contribution in [0.15, 0.2) is 24.3 Å². The van der Waals surface area contributed by atoms with Gasteiger partial charge in [0.2, 0.25) is 0 Å². The molecule has 1 aliphatic heterocycles. The monoisotopic (exact) mass is 407 g/mol. The summed E-state index contributed by atoms with van der Waals surface area (Å²) in [5.41, 5.74) is 0.988. The number of rotatable bonds is 7. The Bertz CT molecular complexity index is 827. The molecule has 1 aliphatic carbocycles. The van der Waals surface area contributed by atoms with Crippen molar-refractivity contribution in [2.45, 2.75) is 51.1 Å². The van der Waals surface area contributed by atoms with Crippen molar-refractivity contribution in [2.75, 3.05) is 25.2 Å². The maximum atomic E-state index is 13.0. The standard InChI is InChI=1S/C21H29NO5S/c1-3-6-16-9-10-19(20(13-16)26-2)27-14-21(23)22(17-7-4-5-8-17)18-11-12-28(24,25)15-18/h3,6,9-10,13,17-18H,4-5,7-8,11-12,14-15H2,1-2H3/b6-3+/t18-/m1/s1. The first-order valence-electron chi connectivity index (χ1n) is 9.88. The van der Waals surface area contributed by atoms with Gasteiger partial charge < -0.3 is 14.4 Å². The third kappa shape index (κ3) is 4.87. The Morgan fingerprint density at radius 1 is 1.18 bits per heavy atom. The Hall–Kier alpha value is -2.02. The van der Waals surface area contributed by atoms with E-state index in [2.05, 4.69) is 0 Å². The summed E-state index contributed by atoms with van der Waals surface area (Å²) in [5.74, 6) is 1.16. The van der Waals surface area contributed by atoms with E-state index in [1.807, 2.05) is 31.2 Å². The van der Waals surface area contributed by atoms with Gasteiger partial charge in [-0.3, -0.25) is 4.79 Å². The van der Waals surface area contributed by atoms with Crippen LogP contribution in [0.1, 0.15) is 44.6 Å². The minimum atomic E-state index is -3.05. The number of allylic oxidation sites excluding steroid dienone is 1. The maximum absolute atomic E-state index is 13.0. The molecular formula is C21H29NO5S. The topological polar surface area (TPSA) is 72.9 Å². The summed E-state index contributed by atoms with van der Waals surface area (Å²) in [4.78, 5) is 14.8. The van der Waals surface area contributed by atoms with Gasteiger partial charge in [-0.2, -0.15) is 0 Å². The summed E-state index contributed by atoms with van der Waals surface area (Å²) < 4.78 is 35.1. The van der Waals surface area contributed by atoms with Crippen molar-refractivity contribution in [1.29, 1.82) is 0 Å². The second-order valence-corrected chi connectivity index (χ2v) is 9.72. The minimum absolute atomic E-state index is 0.0661. The predicted octanol–water partition coefficient (Wildman–Crippen LogP) is 3.07. The molecule has 0 spiro atoms. The van der Waals surface area contributed by atoms with Gasteiger partial charge in [-0.1, -0.05) is 31.1 Å². The molecule has 6 nitrogen and oxygen atoms in total. The molecule has 154 valence electrons. The largest absolute Gasteiger partial charge is 0.493 e. The van der Waals surface area contributed by atoms with Crippen LogP contribution >= 0.6 is 0 Å². The smallest absolute Gasteiger partial charge is 0.261 e. The van der Waals surface area contributed by atoms with Crippen LogP contribution in [-0.4, -0.2) is 56.5 Å². The summed E-state index contributed by atoms with van der Waals surface area (Å²) in [5, 5.41) is 0. The van der Waals surface area contributed by atoms with Gasteiger partial charge >= 0.3 is 0 Å². The van der Waals surface area contributed by atoms with Crippen LogP contribution in [0.2, 0.25) is 0 Å². The molecular weight excluding hydrogens is 378 g/mol. The number of hydrogen-bond acceptors (Lipinski definition) is 5. The normalized spacial score (nSPS) is 21.9. The van der Waals surface area contributed by atoms with E-state index in [-0.39, 0.29) is 36.1 Å². The maximum Gasteiger partial charge on any atom is 0.261 e. The first kappa shape index (κ1) is 20.7. The number of ether oxygens (including phenoxy) is 2. The van der Waals surface area contributed by atoms with Gasteiger partial charge in [0, 0.05) is 12.1 Å². The van der Waals surface area contributed by atoms with Crippen LogP contribution in [0.3, 0.4) is 0 Å². The van der Waals surface area contributed by atoms with Gasteiger partial charge in [-0.15, -0.1) is 0 Å². The predicted molar refractivity (Wildman–Crippen MR) is 109 cm³/mol. The summed E-state index contributed by atoms with van der Waals surface area (Å²) in [6.45, 7) is 1.82. The number of nitrogens with zero attached hydrogens (tertiary/aromatic N) is 1. The van der Waals surface area contributed by atoms with Gasteiger partial charge in [-0.05, 0) is 43.9 Å². The Kier molecular flexibility index (Phi) is 6.65. The van der Waals surface area contributed by atoms with Gasteiger partial charge in [0.1, 0.15) is 0 Å². The molecule has 1 aromatic rings. The van der Waals surface area contributed by atoms with Crippen LogP contribution in [0.4, 0.5) is 0 Å². The van der Waals surface area contributed by atoms with E-state index < -0.39 is 9.84 Å². The van der Waals surface area contributed by atoms with E-state index in [0.29, 0.717) is 17.9 Å². The van der Waals surface area contributed by atoms with Crippen molar-refractivity contribution in [1.82, 2.24) is 4.90 Å². The fourth-order valence-electron chi connectivity index (χ4n) is 4.20. The molecule has 0 aromatic heterocycles. The number of amides is 1. The van der Waals surface area contributed by atoms with Gasteiger partial charge in [0.25, 0.3) is 5.91 Å². The highest BCUT2D eigenvalue weighted by atomic mass is 32.2. The molecule has 0 radical (unpaired) electrons. The molecule has 1 heterocycles. The van der Waals surface area contributed by atoms with Crippen LogP contribution < -0.4 is 9.47 Å². The highest BCUT2D eigenvalue weighted by Crippen LogP contribution is 2.31. The lowest BCUT2D eigenvalue weighted by Gasteiger charge is -2.34. The molecule has 0 unspecified atom stereocenters. The summed E-state index contributed by atoms with van der Waals surface area (Å²) in [6.07, 6.45) is 8.44. The second kappa shape index (κ2) is 8.99. The Balaban J connectivity index is 1.72. The number of carbonyl (C=O) groups excluding carboxylic acids is 1. The minimum Gasteiger partial charge on any atom is -0.493 e. The van der Waals surface area contributed by atoms with Crippen molar-refractivity contribution >= 4 is 21.8 Å². The van der Waals surface area contributed by atoms with E-state index in [1.54, 1.807) is 18.1 Å². The van der Waals surface area contributed by atoms with Gasteiger partial charge in [0.05, 0.1) is 18.6 Å². The zero-order valence-electron chi connectivity index (χ0n) is 16.6. The molecule has 2 fully saturated rings. The average molecular weight is 408 g/mol. The lowest BCUT2D eigenvalue weighted by molar-refractivity contribution is -0.137. The molecule has 1 aromatic carbocycles. The SMILES string of the molecule is C/C=C/c1ccc(OCC(=O)N(C2CCCC2)[C@@H]2CCS(=O)(=O)C2)c(OC)c1. The van der Waals surface area contributed by atoms with E-state index in [1.165, 1.54) is 0 Å². The number of sulfone groups is 1. The lowest BCUT2D eigenvalue weighted by Crippen LogP contribution is -2.48. The number of hydrogen-bond donors (Lipinski definition) is 0. The summed E-state index contributed by atoms with van der Waals surface area (Å²) in [6, 6.07) is 5.44. The highest BCUT2D eigenvalue weighted by Gasteiger charge is 2.39. The number of benzene rings is 1. The summed E-state index contributed by atoms with van der Waals surface area (Å²) in [7, 11) is -1.49. The van der Waals surface area contributed by atoms with Crippen molar-refractivity contribution < 1.29 is 22.7 Å². The Morgan fingerprint density at radius 3 is 2.54 bits per heavy atom. The van der Waals surface area contributed by atoms with E-state index in [4.69, 9.17) is 9.47 Å². The van der Waals surface area contributed by atoms with Crippen LogP contribution in [0.25, 0.3) is 6.08 Å². The third-order valence-electron chi connectivity index (χ3n) is 5.51. The average Bonchev–Trinajstić information content (AvgIpc) is 3.31. The number of methoxy groups -OCH3 is 1. The summed E-state index contributed by atoms with van der Waals surface area (Å²) >= 11 is 0. The fourth-order valence-corrected chi connectivity index (χ4v) is 5.91. The molecule has 3 rings (SSSR count). The zero-order chi connectivity index (χ0) is 20.1. The molecule has 0 bridgehead atoms. The molecule has 1 saturated carbocycles. The van der Waals surface area contributed by atoms with Crippen LogP contribution in [0, 0.1) is 0 Å². The van der Waals surface area contributed by atoms with E-state index in [0.717, 1.165) is 31.2 Å². The Labute approximate surface area is 167 Å². The van der Waals surface area contributed by atoms with Crippen molar-refractivity contribution in [3.05, 3.63) is 29.8 Å². The molecule has 0 N–H and O–H groups in total. The van der Waals surface area contributed by atoms with Crippen LogP contribution in [-0.2, 0) is 14.6 Å². The zero-order valence-corrected chi connectivity index (χ0v) is 17.4. The first-order valence-corrected chi connectivity index (χ1v) is 11.7. The Morgan fingerprint density at radius 2 is 1.93 bits per heavy atom. The molecule has 1 amide bonds. The third-order valence-corrected chi connectivity index (χ3v) is 7.26. The van der Waals surface area contributed by atoms with Crippen LogP contribution in [0.5, 0.6) is 11.5 Å². The fraction of sp³-hybridized carbons (Fsp3) is 0.571. The molecule has 28 heavy (non-hydrogen) atoms. The second-order valence-electron chi connectivity index (χ2n) is 7.50. The first-order chi connectivity index (χ1) is 13.4. The molecule has 1 saturated heterocycles. The molecule has 2 aliphatic rings. The molecule has 7 heteroatoms. The van der Waals surface area contributed by atoms with E-state index >= 15 is 0 Å². The highest BCUT2D eigenvalue weighted by molar-refractivity contribution is 7.91. The molecule has 1 atom stereocenters. The van der Waals surface area contributed by atoms with Crippen molar-refractivity contribution in [3.8, 4) is 11.5 Å². The lowest BCUT2D eigenvalue weighted by atomic mass is 10.1. The van der Waals surface area contributed by atoms with Crippen molar-refractivity contribution in [2.24, 2.45) is 0 Å².